The normalized spacial score (nSPS) is 20.5. The van der Waals surface area contributed by atoms with E-state index in [0.29, 0.717) is 12.2 Å². The van der Waals surface area contributed by atoms with Gasteiger partial charge in [0.15, 0.2) is 0 Å². The van der Waals surface area contributed by atoms with Gasteiger partial charge >= 0.3 is 6.03 Å². The summed E-state index contributed by atoms with van der Waals surface area (Å²) in [7, 11) is 0. The third-order valence-electron chi connectivity index (χ3n) is 4.32. The van der Waals surface area contributed by atoms with E-state index in [1.54, 1.807) is 17.0 Å². The van der Waals surface area contributed by atoms with Gasteiger partial charge in [-0.05, 0) is 25.0 Å². The predicted molar refractivity (Wildman–Crippen MR) is 84.3 cm³/mol. The van der Waals surface area contributed by atoms with Crippen LogP contribution in [-0.4, -0.2) is 54.0 Å². The van der Waals surface area contributed by atoms with Crippen LogP contribution in [0.5, 0.6) is 0 Å². The van der Waals surface area contributed by atoms with E-state index in [1.165, 1.54) is 4.90 Å². The van der Waals surface area contributed by atoms with Gasteiger partial charge in [0.1, 0.15) is 6.54 Å². The third kappa shape index (κ3) is 2.70. The highest BCUT2D eigenvalue weighted by Gasteiger charge is 2.41. The Kier molecular flexibility index (Phi) is 4.12. The minimum absolute atomic E-state index is 0.124. The van der Waals surface area contributed by atoms with Crippen molar-refractivity contribution in [3.63, 3.8) is 0 Å². The van der Waals surface area contributed by atoms with Crippen LogP contribution < -0.4 is 4.90 Å². The number of carbonyl (C=O) groups excluding carboxylic acids is 2. The molecule has 22 heavy (non-hydrogen) atoms. The van der Waals surface area contributed by atoms with Crippen LogP contribution in [0.3, 0.4) is 0 Å². The van der Waals surface area contributed by atoms with Gasteiger partial charge in [0.05, 0.1) is 12.2 Å². The van der Waals surface area contributed by atoms with Crippen LogP contribution in [0.2, 0.25) is 0 Å². The second-order valence-corrected chi connectivity index (χ2v) is 5.69. The van der Waals surface area contributed by atoms with Crippen LogP contribution in [0.15, 0.2) is 30.3 Å². The zero-order valence-electron chi connectivity index (χ0n) is 12.4. The van der Waals surface area contributed by atoms with Crippen molar-refractivity contribution in [2.24, 2.45) is 0 Å². The summed E-state index contributed by atoms with van der Waals surface area (Å²) in [5.41, 5.74) is 0.643. The van der Waals surface area contributed by atoms with E-state index in [0.717, 1.165) is 25.9 Å². The van der Waals surface area contributed by atoms with Crippen LogP contribution in [0.4, 0.5) is 10.5 Å². The summed E-state index contributed by atoms with van der Waals surface area (Å²) in [5, 5.41) is 0. The second-order valence-electron chi connectivity index (χ2n) is 5.69. The summed E-state index contributed by atoms with van der Waals surface area (Å²) in [6.07, 6.45) is 7.06. The Labute approximate surface area is 130 Å². The van der Waals surface area contributed by atoms with Gasteiger partial charge in [-0.15, -0.1) is 6.42 Å². The molecule has 5 heteroatoms. The average molecular weight is 297 g/mol. The van der Waals surface area contributed by atoms with E-state index in [2.05, 4.69) is 10.8 Å². The first-order valence-corrected chi connectivity index (χ1v) is 7.55. The largest absolute Gasteiger partial charge is 0.332 e. The Morgan fingerprint density at radius 1 is 1.14 bits per heavy atom. The van der Waals surface area contributed by atoms with Crippen molar-refractivity contribution < 1.29 is 9.59 Å². The average Bonchev–Trinajstić information content (AvgIpc) is 2.84. The summed E-state index contributed by atoms with van der Waals surface area (Å²) >= 11 is 0. The first-order valence-electron chi connectivity index (χ1n) is 7.55. The molecule has 0 N–H and O–H groups in total. The lowest BCUT2D eigenvalue weighted by Gasteiger charge is -2.35. The number of imide groups is 1. The standard InChI is InChI=1S/C17H19N3O2/c1-2-10-18-11-8-14(9-12-18)19-13-16(21)20(17(19)22)15-6-4-3-5-7-15/h1,3-7,14H,8-13H2. The van der Waals surface area contributed by atoms with Crippen molar-refractivity contribution in [1.82, 2.24) is 9.80 Å². The zero-order chi connectivity index (χ0) is 15.5. The molecule has 2 fully saturated rings. The summed E-state index contributed by atoms with van der Waals surface area (Å²) in [4.78, 5) is 30.0. The number of rotatable bonds is 3. The maximum absolute atomic E-state index is 12.6. The number of terminal acetylenes is 1. The number of benzene rings is 1. The number of piperidine rings is 1. The first-order chi connectivity index (χ1) is 10.7. The highest BCUT2D eigenvalue weighted by Crippen LogP contribution is 2.26. The van der Waals surface area contributed by atoms with E-state index < -0.39 is 0 Å². The van der Waals surface area contributed by atoms with Crippen molar-refractivity contribution in [1.29, 1.82) is 0 Å². The van der Waals surface area contributed by atoms with E-state index in [-0.39, 0.29) is 24.5 Å². The fourth-order valence-electron chi connectivity index (χ4n) is 3.15. The summed E-state index contributed by atoms with van der Waals surface area (Å²) < 4.78 is 0. The Bertz CT molecular complexity index is 600. The van der Waals surface area contributed by atoms with E-state index in [9.17, 15) is 9.59 Å². The molecule has 2 saturated heterocycles. The SMILES string of the molecule is C#CCN1CCC(N2CC(=O)N(c3ccccc3)C2=O)CC1. The second kappa shape index (κ2) is 6.20. The maximum atomic E-state index is 12.6. The highest BCUT2D eigenvalue weighted by molar-refractivity contribution is 6.19. The van der Waals surface area contributed by atoms with E-state index >= 15 is 0 Å². The van der Waals surface area contributed by atoms with Gasteiger partial charge in [-0.1, -0.05) is 24.1 Å². The number of amides is 3. The maximum Gasteiger partial charge on any atom is 0.332 e. The molecule has 3 rings (SSSR count). The fraction of sp³-hybridized carbons (Fsp3) is 0.412. The number of carbonyl (C=O) groups is 2. The fourth-order valence-corrected chi connectivity index (χ4v) is 3.15. The number of hydrogen-bond donors (Lipinski definition) is 0. The van der Waals surface area contributed by atoms with Gasteiger partial charge in [-0.2, -0.15) is 0 Å². The topological polar surface area (TPSA) is 43.9 Å². The van der Waals surface area contributed by atoms with E-state index in [1.807, 2.05) is 18.2 Å². The Morgan fingerprint density at radius 3 is 2.45 bits per heavy atom. The molecule has 5 nitrogen and oxygen atoms in total. The first kappa shape index (κ1) is 14.6. The Morgan fingerprint density at radius 2 is 1.82 bits per heavy atom. The molecule has 2 aliphatic rings. The molecule has 0 bridgehead atoms. The van der Waals surface area contributed by atoms with Crippen LogP contribution in [0.1, 0.15) is 12.8 Å². The van der Waals surface area contributed by atoms with Crippen molar-refractivity contribution >= 4 is 17.6 Å². The molecule has 0 atom stereocenters. The minimum atomic E-state index is -0.202. The molecule has 0 saturated carbocycles. The van der Waals surface area contributed by atoms with Gasteiger partial charge in [0, 0.05) is 19.1 Å². The number of nitrogens with zero attached hydrogens (tertiary/aromatic N) is 3. The van der Waals surface area contributed by atoms with Crippen molar-refractivity contribution in [2.45, 2.75) is 18.9 Å². The lowest BCUT2D eigenvalue weighted by molar-refractivity contribution is -0.116. The van der Waals surface area contributed by atoms with Gasteiger partial charge in [-0.25, -0.2) is 9.69 Å². The molecule has 2 heterocycles. The molecule has 3 amide bonds. The number of urea groups is 1. The monoisotopic (exact) mass is 297 g/mol. The predicted octanol–water partition coefficient (Wildman–Crippen LogP) is 1.55. The smallest absolute Gasteiger partial charge is 0.312 e. The number of anilines is 1. The van der Waals surface area contributed by atoms with Crippen molar-refractivity contribution in [3.05, 3.63) is 30.3 Å². The van der Waals surface area contributed by atoms with Gasteiger partial charge < -0.3 is 4.90 Å². The molecule has 0 aliphatic carbocycles. The van der Waals surface area contributed by atoms with E-state index in [4.69, 9.17) is 6.42 Å². The Balaban J connectivity index is 1.69. The molecule has 2 aliphatic heterocycles. The third-order valence-corrected chi connectivity index (χ3v) is 4.32. The van der Waals surface area contributed by atoms with Crippen molar-refractivity contribution in [2.75, 3.05) is 31.1 Å². The minimum Gasteiger partial charge on any atom is -0.312 e. The van der Waals surface area contributed by atoms with Crippen LogP contribution in [-0.2, 0) is 4.79 Å². The van der Waals surface area contributed by atoms with Crippen LogP contribution in [0, 0.1) is 12.3 Å². The molecule has 0 radical (unpaired) electrons. The van der Waals surface area contributed by atoms with Gasteiger partial charge in [0.25, 0.3) is 5.91 Å². The van der Waals surface area contributed by atoms with Crippen LogP contribution in [0.25, 0.3) is 0 Å². The molecule has 0 aromatic heterocycles. The molecule has 1 aromatic rings. The molecular formula is C17H19N3O2. The van der Waals surface area contributed by atoms with Crippen LogP contribution >= 0.6 is 0 Å². The lowest BCUT2D eigenvalue weighted by atomic mass is 10.0. The highest BCUT2D eigenvalue weighted by atomic mass is 16.2. The summed E-state index contributed by atoms with van der Waals surface area (Å²) in [5.74, 6) is 2.50. The quantitative estimate of drug-likeness (QED) is 0.628. The number of hydrogen-bond acceptors (Lipinski definition) is 3. The van der Waals surface area contributed by atoms with Crippen molar-refractivity contribution in [3.8, 4) is 12.3 Å². The Hall–Kier alpha value is -2.32. The van der Waals surface area contributed by atoms with Gasteiger partial charge in [-0.3, -0.25) is 9.69 Å². The zero-order valence-corrected chi connectivity index (χ0v) is 12.4. The summed E-state index contributed by atoms with van der Waals surface area (Å²) in [6, 6.07) is 9.02. The number of para-hydroxylation sites is 1. The molecular weight excluding hydrogens is 278 g/mol. The molecule has 0 unspecified atom stereocenters. The summed E-state index contributed by atoms with van der Waals surface area (Å²) in [6.45, 7) is 2.57. The molecule has 1 aromatic carbocycles. The number of likely N-dealkylation sites (tertiary alicyclic amines) is 1. The van der Waals surface area contributed by atoms with Gasteiger partial charge in [0.2, 0.25) is 0 Å². The molecule has 114 valence electrons. The molecule has 0 spiro atoms. The lowest BCUT2D eigenvalue weighted by Crippen LogP contribution is -2.46.